The summed E-state index contributed by atoms with van der Waals surface area (Å²) in [6.07, 6.45) is 0.688. The molecule has 4 N–H and O–H groups in total. The maximum atomic E-state index is 10.5. The predicted octanol–water partition coefficient (Wildman–Crippen LogP) is -0.651. The van der Waals surface area contributed by atoms with Crippen LogP contribution in [0.2, 0.25) is 0 Å². The van der Waals surface area contributed by atoms with Gasteiger partial charge in [0, 0.05) is 25.3 Å². The maximum absolute atomic E-state index is 10.5. The van der Waals surface area contributed by atoms with E-state index in [0.29, 0.717) is 31.6 Å². The van der Waals surface area contributed by atoms with E-state index in [9.17, 15) is 9.59 Å². The van der Waals surface area contributed by atoms with Crippen LogP contribution in [-0.2, 0) is 20.7 Å². The van der Waals surface area contributed by atoms with Crippen LogP contribution in [-0.4, -0.2) is 55.6 Å². The zero-order chi connectivity index (χ0) is 16.4. The number of H-pyrrole nitrogens is 1. The van der Waals surface area contributed by atoms with Crippen molar-refractivity contribution in [1.82, 2.24) is 31.3 Å². The van der Waals surface area contributed by atoms with E-state index in [2.05, 4.69) is 31.3 Å². The quantitative estimate of drug-likeness (QED) is 0.248. The molecule has 0 amide bonds. The van der Waals surface area contributed by atoms with Crippen molar-refractivity contribution in [1.29, 1.82) is 0 Å². The van der Waals surface area contributed by atoms with Gasteiger partial charge in [-0.05, 0) is 25.6 Å². The van der Waals surface area contributed by atoms with E-state index in [1.54, 1.807) is 0 Å². The normalized spacial score (nSPS) is 13.0. The van der Waals surface area contributed by atoms with Gasteiger partial charge in [0.05, 0.1) is 0 Å². The summed E-state index contributed by atoms with van der Waals surface area (Å²) in [7, 11) is 0. The molecule has 122 valence electrons. The molecule has 0 aromatic carbocycles. The monoisotopic (exact) mass is 330 g/mol. The van der Waals surface area contributed by atoms with Crippen molar-refractivity contribution in [2.24, 2.45) is 0 Å². The number of hydrogen-bond donors (Lipinski definition) is 4. The molecule has 0 aliphatic carbocycles. The molecule has 1 aromatic heterocycles. The molecule has 11 heteroatoms. The number of carbonyl (C=O) groups excluding carboxylic acids is 1. The Morgan fingerprint density at radius 2 is 2.27 bits per heavy atom. The number of aliphatic carboxylic acids is 1. The minimum atomic E-state index is -0.866. The lowest BCUT2D eigenvalue weighted by Gasteiger charge is -2.21. The number of nitrogens with zero attached hydrogens (tertiary/aromatic N) is 3. The van der Waals surface area contributed by atoms with Gasteiger partial charge in [-0.1, -0.05) is 5.21 Å². The molecule has 0 saturated carbocycles. The van der Waals surface area contributed by atoms with E-state index in [1.807, 2.05) is 6.92 Å². The Labute approximate surface area is 132 Å². The number of aromatic nitrogens is 4. The Bertz CT molecular complexity index is 483. The molecule has 1 aromatic rings. The van der Waals surface area contributed by atoms with Gasteiger partial charge >= 0.3 is 5.97 Å². The second kappa shape index (κ2) is 9.60. The summed E-state index contributed by atoms with van der Waals surface area (Å²) in [5.41, 5.74) is 0. The molecule has 1 rings (SSSR count). The second-order valence-corrected chi connectivity index (χ2v) is 4.95. The lowest BCUT2D eigenvalue weighted by Crippen LogP contribution is -2.46. The van der Waals surface area contributed by atoms with Gasteiger partial charge in [0.25, 0.3) is 6.47 Å². The number of ether oxygens (including phenoxy) is 1. The van der Waals surface area contributed by atoms with Crippen molar-refractivity contribution in [3.63, 3.8) is 0 Å². The van der Waals surface area contributed by atoms with Crippen LogP contribution in [0.4, 0.5) is 0 Å². The number of aromatic amines is 1. The fourth-order valence-electron chi connectivity index (χ4n) is 1.61. The molecular formula is C11H18N6O4S. The van der Waals surface area contributed by atoms with Crippen molar-refractivity contribution in [2.45, 2.75) is 44.9 Å². The minimum absolute atomic E-state index is 0.0445. The highest BCUT2D eigenvalue weighted by Crippen LogP contribution is 2.01. The Kier molecular flexibility index (Phi) is 7.75. The van der Waals surface area contributed by atoms with Gasteiger partial charge in [-0.25, -0.2) is 0 Å². The fourth-order valence-corrected chi connectivity index (χ4v) is 1.95. The first-order valence-corrected chi connectivity index (χ1v) is 7.02. The highest BCUT2D eigenvalue weighted by atomic mass is 32.1. The van der Waals surface area contributed by atoms with Crippen LogP contribution in [0.3, 0.4) is 0 Å². The minimum Gasteiger partial charge on any atom is -0.481 e. The summed E-state index contributed by atoms with van der Waals surface area (Å²) in [5, 5.41) is 28.0. The molecule has 2 atom stereocenters. The molecule has 0 spiro atoms. The second-order valence-electron chi connectivity index (χ2n) is 4.54. The predicted molar refractivity (Wildman–Crippen MR) is 78.6 cm³/mol. The molecule has 10 nitrogen and oxygen atoms in total. The zero-order valence-corrected chi connectivity index (χ0v) is 12.8. The first kappa shape index (κ1) is 17.8. The number of aryl methyl sites for hydroxylation is 1. The summed E-state index contributed by atoms with van der Waals surface area (Å²) in [6.45, 7) is 2.14. The van der Waals surface area contributed by atoms with Gasteiger partial charge in [0.1, 0.15) is 0 Å². The van der Waals surface area contributed by atoms with E-state index in [0.717, 1.165) is 0 Å². The summed E-state index contributed by atoms with van der Waals surface area (Å²) in [4.78, 5) is 21.0. The van der Waals surface area contributed by atoms with Crippen LogP contribution in [0.1, 0.15) is 32.0 Å². The Balaban J connectivity index is 2.35. The van der Waals surface area contributed by atoms with Crippen molar-refractivity contribution in [2.75, 3.05) is 0 Å². The van der Waals surface area contributed by atoms with Gasteiger partial charge in [-0.2, -0.15) is 5.21 Å². The zero-order valence-electron chi connectivity index (χ0n) is 12.0. The summed E-state index contributed by atoms with van der Waals surface area (Å²) < 4.78 is 4.89. The number of carboxylic acid groups (broad SMARTS) is 1. The van der Waals surface area contributed by atoms with E-state index >= 15 is 0 Å². The van der Waals surface area contributed by atoms with Crippen molar-refractivity contribution < 1.29 is 19.4 Å². The number of rotatable bonds is 10. The maximum Gasteiger partial charge on any atom is 0.303 e. The summed E-state index contributed by atoms with van der Waals surface area (Å²) in [6, 6.07) is -0.120. The topological polar surface area (TPSA) is 142 Å². The fraction of sp³-hybridized carbons (Fsp3) is 0.636. The number of thiocarbonyl (C=S) groups is 1. The standard InChI is InChI=1S/C11H18N6O4S/c1-7(2-5-10(19)20)12-11(22)13-9(21-6-18)4-3-8-14-16-17-15-8/h6-7,9H,2-5H2,1H3,(H,19,20)(H2,12,13,22)(H,14,15,16,17)/t7-,9-/m1/s1. The number of hydrogen-bond acceptors (Lipinski definition) is 7. The Hall–Kier alpha value is -2.30. The molecule has 0 saturated heterocycles. The third kappa shape index (κ3) is 7.47. The molecule has 1 heterocycles. The molecule has 0 aliphatic rings. The highest BCUT2D eigenvalue weighted by molar-refractivity contribution is 7.80. The van der Waals surface area contributed by atoms with Crippen LogP contribution in [0.15, 0.2) is 0 Å². The van der Waals surface area contributed by atoms with Crippen LogP contribution in [0, 0.1) is 0 Å². The van der Waals surface area contributed by atoms with Crippen LogP contribution >= 0.6 is 12.2 Å². The summed E-state index contributed by atoms with van der Waals surface area (Å²) in [5.74, 6) is -0.371. The lowest BCUT2D eigenvalue weighted by atomic mass is 10.2. The van der Waals surface area contributed by atoms with Crippen molar-refractivity contribution in [3.05, 3.63) is 5.82 Å². The average molecular weight is 330 g/mol. The third-order valence-electron chi connectivity index (χ3n) is 2.70. The molecule has 0 aliphatic heterocycles. The van der Waals surface area contributed by atoms with Crippen LogP contribution in [0.25, 0.3) is 0 Å². The average Bonchev–Trinajstić information content (AvgIpc) is 2.96. The molecular weight excluding hydrogens is 312 g/mol. The van der Waals surface area contributed by atoms with Gasteiger partial charge in [-0.3, -0.25) is 9.59 Å². The van der Waals surface area contributed by atoms with Crippen molar-refractivity contribution in [3.8, 4) is 0 Å². The highest BCUT2D eigenvalue weighted by Gasteiger charge is 2.14. The van der Waals surface area contributed by atoms with Gasteiger partial charge in [-0.15, -0.1) is 10.2 Å². The molecule has 0 unspecified atom stereocenters. The van der Waals surface area contributed by atoms with E-state index in [-0.39, 0.29) is 17.6 Å². The van der Waals surface area contributed by atoms with Crippen LogP contribution in [0.5, 0.6) is 0 Å². The SMILES string of the molecule is C[C@H](CCC(=O)O)NC(=S)N[C@@H](CCc1nn[nH]n1)OC=O. The largest absolute Gasteiger partial charge is 0.481 e. The molecule has 22 heavy (non-hydrogen) atoms. The molecule has 0 fully saturated rings. The summed E-state index contributed by atoms with van der Waals surface area (Å²) >= 11 is 5.10. The number of nitrogens with one attached hydrogen (secondary N) is 3. The van der Waals surface area contributed by atoms with E-state index < -0.39 is 12.2 Å². The molecule has 0 bridgehead atoms. The van der Waals surface area contributed by atoms with Gasteiger partial charge < -0.3 is 20.5 Å². The van der Waals surface area contributed by atoms with Gasteiger partial charge in [0.15, 0.2) is 17.2 Å². The third-order valence-corrected chi connectivity index (χ3v) is 2.94. The van der Waals surface area contributed by atoms with Gasteiger partial charge in [0.2, 0.25) is 0 Å². The first-order chi connectivity index (χ1) is 10.5. The smallest absolute Gasteiger partial charge is 0.303 e. The van der Waals surface area contributed by atoms with Crippen molar-refractivity contribution >= 4 is 29.8 Å². The first-order valence-electron chi connectivity index (χ1n) is 6.61. The lowest BCUT2D eigenvalue weighted by molar-refractivity contribution is -0.137. The number of tetrazole rings is 1. The molecule has 0 radical (unpaired) electrons. The Morgan fingerprint density at radius 1 is 1.50 bits per heavy atom. The van der Waals surface area contributed by atoms with Crippen LogP contribution < -0.4 is 10.6 Å². The Morgan fingerprint density at radius 3 is 2.86 bits per heavy atom. The van der Waals surface area contributed by atoms with E-state index in [4.69, 9.17) is 22.1 Å². The van der Waals surface area contributed by atoms with E-state index in [1.165, 1.54) is 0 Å². The number of carbonyl (C=O) groups is 2. The number of carboxylic acids is 1.